The highest BCUT2D eigenvalue weighted by molar-refractivity contribution is 8.01. The molecule has 0 spiro atoms. The lowest BCUT2D eigenvalue weighted by molar-refractivity contribution is -0.139. The van der Waals surface area contributed by atoms with Crippen LogP contribution in [0.2, 0.25) is 0 Å². The maximum absolute atomic E-state index is 13.1. The lowest BCUT2D eigenvalue weighted by atomic mass is 9.89. The first kappa shape index (κ1) is 21.4. The summed E-state index contributed by atoms with van der Waals surface area (Å²) in [5.41, 5.74) is 0. The average Bonchev–Trinajstić information content (AvgIpc) is 3.16. The van der Waals surface area contributed by atoms with Crippen molar-refractivity contribution < 1.29 is 14.3 Å². The lowest BCUT2D eigenvalue weighted by Crippen LogP contribution is -2.50. The smallest absolute Gasteiger partial charge is 0.324 e. The fraction of sp³-hybridized carbons (Fsp3) is 0.789. The van der Waals surface area contributed by atoms with Crippen LogP contribution in [-0.2, 0) is 9.53 Å². The van der Waals surface area contributed by atoms with Crippen molar-refractivity contribution in [3.63, 3.8) is 0 Å². The van der Waals surface area contributed by atoms with E-state index in [0.29, 0.717) is 28.2 Å². The molecular formula is C19H30N4O3S2. The van der Waals surface area contributed by atoms with Gasteiger partial charge < -0.3 is 9.64 Å². The third-order valence-corrected chi connectivity index (χ3v) is 7.36. The number of hydrogen-bond acceptors (Lipinski definition) is 7. The molecule has 28 heavy (non-hydrogen) atoms. The van der Waals surface area contributed by atoms with Gasteiger partial charge in [0, 0.05) is 12.1 Å². The molecule has 3 rings (SSSR count). The van der Waals surface area contributed by atoms with Crippen molar-refractivity contribution in [2.75, 3.05) is 17.7 Å². The number of nitrogens with one attached hydrogen (secondary N) is 1. The van der Waals surface area contributed by atoms with Crippen molar-refractivity contribution in [3.05, 3.63) is 0 Å². The van der Waals surface area contributed by atoms with Crippen LogP contribution in [0, 0.1) is 0 Å². The van der Waals surface area contributed by atoms with E-state index in [2.05, 4.69) is 20.4 Å². The molecule has 0 unspecified atom stereocenters. The minimum atomic E-state index is -0.269. The number of hydrogen-bond donors (Lipinski definition) is 1. The van der Waals surface area contributed by atoms with E-state index < -0.39 is 0 Å². The van der Waals surface area contributed by atoms with Crippen LogP contribution >= 0.6 is 23.1 Å². The van der Waals surface area contributed by atoms with Gasteiger partial charge in [0.2, 0.25) is 5.13 Å². The lowest BCUT2D eigenvalue weighted by Gasteiger charge is -2.41. The van der Waals surface area contributed by atoms with Gasteiger partial charge in [-0.25, -0.2) is 4.79 Å². The summed E-state index contributed by atoms with van der Waals surface area (Å²) in [5, 5.41) is 11.6. The van der Waals surface area contributed by atoms with Crippen LogP contribution in [-0.4, -0.2) is 51.5 Å². The number of thioether (sulfide) groups is 1. The number of carbonyl (C=O) groups excluding carboxylic acids is 2. The second kappa shape index (κ2) is 11.0. The molecule has 0 aromatic carbocycles. The minimum Gasteiger partial charge on any atom is -0.465 e. The van der Waals surface area contributed by atoms with Crippen molar-refractivity contribution in [1.82, 2.24) is 15.1 Å². The summed E-state index contributed by atoms with van der Waals surface area (Å²) in [5.74, 6) is -0.0683. The van der Waals surface area contributed by atoms with Crippen molar-refractivity contribution in [1.29, 1.82) is 0 Å². The van der Waals surface area contributed by atoms with Crippen LogP contribution in [0.4, 0.5) is 9.93 Å². The van der Waals surface area contributed by atoms with E-state index in [9.17, 15) is 9.59 Å². The van der Waals surface area contributed by atoms with Gasteiger partial charge in [0.05, 0.1) is 12.4 Å². The largest absolute Gasteiger partial charge is 0.465 e. The second-order valence-electron chi connectivity index (χ2n) is 7.39. The van der Waals surface area contributed by atoms with Crippen LogP contribution < -0.4 is 5.32 Å². The Morgan fingerprint density at radius 1 is 1.07 bits per heavy atom. The first-order valence-electron chi connectivity index (χ1n) is 10.4. The highest BCUT2D eigenvalue weighted by Gasteiger charge is 2.33. The number of urea groups is 1. The van der Waals surface area contributed by atoms with E-state index >= 15 is 0 Å². The highest BCUT2D eigenvalue weighted by Crippen LogP contribution is 2.32. The molecule has 2 aliphatic carbocycles. The zero-order chi connectivity index (χ0) is 19.8. The Morgan fingerprint density at radius 3 is 2.25 bits per heavy atom. The third-order valence-electron chi connectivity index (χ3n) is 5.41. The third kappa shape index (κ3) is 6.07. The second-order valence-corrected chi connectivity index (χ2v) is 9.59. The Kier molecular flexibility index (Phi) is 8.39. The standard InChI is InChI=1S/C19H30N4O3S2/c1-2-26-16(24)13-27-19-22-21-17(28-19)20-18(25)23(14-9-5-3-6-10-14)15-11-7-4-8-12-15/h14-15H,2-13H2,1H3,(H,20,21,25). The normalized spacial score (nSPS) is 18.6. The number of carbonyl (C=O) groups is 2. The zero-order valence-corrected chi connectivity index (χ0v) is 18.2. The van der Waals surface area contributed by atoms with Gasteiger partial charge in [0.25, 0.3) is 0 Å². The number of ether oxygens (including phenoxy) is 1. The molecule has 1 aromatic rings. The molecule has 0 bridgehead atoms. The summed E-state index contributed by atoms with van der Waals surface area (Å²) in [7, 11) is 0. The maximum atomic E-state index is 13.1. The number of rotatable bonds is 7. The van der Waals surface area contributed by atoms with E-state index in [0.717, 1.165) is 25.7 Å². The van der Waals surface area contributed by atoms with E-state index in [4.69, 9.17) is 4.74 Å². The van der Waals surface area contributed by atoms with Crippen LogP contribution in [0.15, 0.2) is 4.34 Å². The number of esters is 1. The molecule has 1 N–H and O–H groups in total. The summed E-state index contributed by atoms with van der Waals surface area (Å²) in [4.78, 5) is 26.7. The van der Waals surface area contributed by atoms with Gasteiger partial charge in [-0.05, 0) is 32.6 Å². The topological polar surface area (TPSA) is 84.4 Å². The first-order valence-corrected chi connectivity index (χ1v) is 12.2. The summed E-state index contributed by atoms with van der Waals surface area (Å²) >= 11 is 2.59. The molecule has 2 amide bonds. The van der Waals surface area contributed by atoms with E-state index in [1.165, 1.54) is 61.6 Å². The van der Waals surface area contributed by atoms with E-state index in [1.807, 2.05) is 0 Å². The molecule has 0 aliphatic heterocycles. The molecule has 1 heterocycles. The highest BCUT2D eigenvalue weighted by atomic mass is 32.2. The number of anilines is 1. The quantitative estimate of drug-likeness (QED) is 0.387. The Balaban J connectivity index is 1.60. The summed E-state index contributed by atoms with van der Waals surface area (Å²) < 4.78 is 5.58. The van der Waals surface area contributed by atoms with Gasteiger partial charge in [0.15, 0.2) is 4.34 Å². The maximum Gasteiger partial charge on any atom is 0.324 e. The summed E-state index contributed by atoms with van der Waals surface area (Å²) in [6.45, 7) is 2.15. The van der Waals surface area contributed by atoms with Gasteiger partial charge in [0.1, 0.15) is 0 Å². The van der Waals surface area contributed by atoms with E-state index in [1.54, 1.807) is 6.92 Å². The first-order chi connectivity index (χ1) is 13.7. The van der Waals surface area contributed by atoms with Crippen molar-refractivity contribution in [3.8, 4) is 0 Å². The van der Waals surface area contributed by atoms with Crippen LogP contribution in [0.1, 0.15) is 71.1 Å². The molecule has 156 valence electrons. The fourth-order valence-electron chi connectivity index (χ4n) is 4.15. The molecule has 0 atom stereocenters. The SMILES string of the molecule is CCOC(=O)CSc1nnc(NC(=O)N(C2CCCCC2)C2CCCCC2)s1. The Labute approximate surface area is 175 Å². The van der Waals surface area contributed by atoms with E-state index in [-0.39, 0.29) is 17.8 Å². The van der Waals surface area contributed by atoms with Gasteiger partial charge >= 0.3 is 12.0 Å². The molecule has 0 saturated heterocycles. The zero-order valence-electron chi connectivity index (χ0n) is 16.5. The Hall–Kier alpha value is -1.35. The molecule has 2 fully saturated rings. The predicted molar refractivity (Wildman–Crippen MR) is 112 cm³/mol. The molecular weight excluding hydrogens is 396 g/mol. The molecule has 0 radical (unpaired) electrons. The predicted octanol–water partition coefficient (Wildman–Crippen LogP) is 4.69. The molecule has 2 saturated carbocycles. The Bertz CT molecular complexity index is 625. The van der Waals surface area contributed by atoms with Gasteiger partial charge in [-0.15, -0.1) is 10.2 Å². The van der Waals surface area contributed by atoms with Gasteiger partial charge in [-0.1, -0.05) is 61.6 Å². The van der Waals surface area contributed by atoms with Crippen molar-refractivity contribution in [2.45, 2.75) is 87.6 Å². The van der Waals surface area contributed by atoms with Crippen LogP contribution in [0.5, 0.6) is 0 Å². The van der Waals surface area contributed by atoms with Crippen molar-refractivity contribution in [2.24, 2.45) is 0 Å². The number of aromatic nitrogens is 2. The number of amides is 2. The minimum absolute atomic E-state index is 0.0445. The fourth-order valence-corrected chi connectivity index (χ4v) is 5.69. The molecule has 9 heteroatoms. The van der Waals surface area contributed by atoms with Crippen LogP contribution in [0.25, 0.3) is 0 Å². The average molecular weight is 427 g/mol. The van der Waals surface area contributed by atoms with Crippen molar-refractivity contribution >= 4 is 40.2 Å². The van der Waals surface area contributed by atoms with Gasteiger partial charge in [-0.2, -0.15) is 0 Å². The Morgan fingerprint density at radius 2 is 1.68 bits per heavy atom. The molecule has 7 nitrogen and oxygen atoms in total. The summed E-state index contributed by atoms with van der Waals surface area (Å²) in [6.07, 6.45) is 11.7. The molecule has 1 aromatic heterocycles. The molecule has 2 aliphatic rings. The van der Waals surface area contributed by atoms with Gasteiger partial charge in [-0.3, -0.25) is 10.1 Å². The monoisotopic (exact) mass is 426 g/mol. The number of nitrogens with zero attached hydrogens (tertiary/aromatic N) is 3. The van der Waals surface area contributed by atoms with Crippen LogP contribution in [0.3, 0.4) is 0 Å². The summed E-state index contributed by atoms with van der Waals surface area (Å²) in [6, 6.07) is 0.627.